The van der Waals surface area contributed by atoms with Crippen molar-refractivity contribution in [2.45, 2.75) is 18.8 Å². The SMILES string of the molecule is CNC(=O)C1CCCN(C(=O)C(CN)c2ccccc2)C1.Cl. The number of nitrogens with one attached hydrogen (secondary N) is 1. The Balaban J connectivity index is 0.00000242. The van der Waals surface area contributed by atoms with Crippen molar-refractivity contribution < 1.29 is 9.59 Å². The summed E-state index contributed by atoms with van der Waals surface area (Å²) in [6, 6.07) is 9.60. The van der Waals surface area contributed by atoms with E-state index in [2.05, 4.69) is 5.32 Å². The van der Waals surface area contributed by atoms with Gasteiger partial charge in [-0.3, -0.25) is 9.59 Å². The highest BCUT2D eigenvalue weighted by Gasteiger charge is 2.31. The highest BCUT2D eigenvalue weighted by atomic mass is 35.5. The van der Waals surface area contributed by atoms with E-state index in [9.17, 15) is 9.59 Å². The highest BCUT2D eigenvalue weighted by Crippen LogP contribution is 2.22. The molecule has 1 aliphatic heterocycles. The van der Waals surface area contributed by atoms with Crippen LogP contribution in [0, 0.1) is 5.92 Å². The second kappa shape index (κ2) is 8.76. The fraction of sp³-hybridized carbons (Fsp3) is 0.500. The summed E-state index contributed by atoms with van der Waals surface area (Å²) < 4.78 is 0. The molecule has 22 heavy (non-hydrogen) atoms. The lowest BCUT2D eigenvalue weighted by Gasteiger charge is -2.34. The van der Waals surface area contributed by atoms with Crippen molar-refractivity contribution in [2.75, 3.05) is 26.7 Å². The monoisotopic (exact) mass is 325 g/mol. The molecule has 1 fully saturated rings. The molecule has 0 spiro atoms. The molecule has 6 heteroatoms. The molecule has 2 atom stereocenters. The first kappa shape index (κ1) is 18.5. The lowest BCUT2D eigenvalue weighted by molar-refractivity contribution is -0.136. The Labute approximate surface area is 137 Å². The maximum Gasteiger partial charge on any atom is 0.231 e. The van der Waals surface area contributed by atoms with Gasteiger partial charge >= 0.3 is 0 Å². The van der Waals surface area contributed by atoms with Gasteiger partial charge in [0.1, 0.15) is 0 Å². The number of nitrogens with zero attached hydrogens (tertiary/aromatic N) is 1. The minimum absolute atomic E-state index is 0. The van der Waals surface area contributed by atoms with Crippen LogP contribution in [0.3, 0.4) is 0 Å². The van der Waals surface area contributed by atoms with Crippen molar-refractivity contribution in [2.24, 2.45) is 11.7 Å². The Morgan fingerprint density at radius 2 is 2.05 bits per heavy atom. The van der Waals surface area contributed by atoms with E-state index in [1.165, 1.54) is 0 Å². The molecular weight excluding hydrogens is 302 g/mol. The molecule has 122 valence electrons. The lowest BCUT2D eigenvalue weighted by Crippen LogP contribution is -2.47. The summed E-state index contributed by atoms with van der Waals surface area (Å²) in [4.78, 5) is 26.3. The molecule has 3 N–H and O–H groups in total. The van der Waals surface area contributed by atoms with Gasteiger partial charge < -0.3 is 16.0 Å². The Hall–Kier alpha value is -1.59. The van der Waals surface area contributed by atoms with Crippen LogP contribution >= 0.6 is 12.4 Å². The third-order valence-corrected chi connectivity index (χ3v) is 4.09. The zero-order chi connectivity index (χ0) is 15.2. The van der Waals surface area contributed by atoms with Crippen molar-refractivity contribution in [1.29, 1.82) is 0 Å². The molecular formula is C16H24ClN3O2. The summed E-state index contributed by atoms with van der Waals surface area (Å²) in [7, 11) is 1.63. The van der Waals surface area contributed by atoms with Gasteiger partial charge in [-0.15, -0.1) is 12.4 Å². The molecule has 2 rings (SSSR count). The number of rotatable bonds is 4. The summed E-state index contributed by atoms with van der Waals surface area (Å²) >= 11 is 0. The summed E-state index contributed by atoms with van der Waals surface area (Å²) in [6.45, 7) is 1.47. The molecule has 1 heterocycles. The Morgan fingerprint density at radius 1 is 1.36 bits per heavy atom. The van der Waals surface area contributed by atoms with Crippen LogP contribution in [0.15, 0.2) is 30.3 Å². The summed E-state index contributed by atoms with van der Waals surface area (Å²) in [5.74, 6) is -0.398. The minimum Gasteiger partial charge on any atom is -0.359 e. The number of piperidine rings is 1. The molecule has 1 aromatic rings. The normalized spacial score (nSPS) is 19.0. The van der Waals surface area contributed by atoms with Gasteiger partial charge in [-0.25, -0.2) is 0 Å². The molecule has 1 saturated heterocycles. The van der Waals surface area contributed by atoms with Crippen molar-refractivity contribution in [1.82, 2.24) is 10.2 Å². The van der Waals surface area contributed by atoms with Crippen LogP contribution in [-0.4, -0.2) is 43.4 Å². The zero-order valence-electron chi connectivity index (χ0n) is 12.8. The second-order valence-corrected chi connectivity index (χ2v) is 5.44. The van der Waals surface area contributed by atoms with Gasteiger partial charge in [-0.05, 0) is 18.4 Å². The van der Waals surface area contributed by atoms with Crippen LogP contribution in [0.25, 0.3) is 0 Å². The first-order valence-electron chi connectivity index (χ1n) is 7.42. The molecule has 2 amide bonds. The van der Waals surface area contributed by atoms with E-state index in [0.29, 0.717) is 13.1 Å². The van der Waals surface area contributed by atoms with E-state index in [1.54, 1.807) is 11.9 Å². The van der Waals surface area contributed by atoms with Crippen LogP contribution in [0.2, 0.25) is 0 Å². The maximum atomic E-state index is 12.7. The third-order valence-electron chi connectivity index (χ3n) is 4.09. The van der Waals surface area contributed by atoms with E-state index >= 15 is 0 Å². The number of hydrogen-bond acceptors (Lipinski definition) is 3. The number of likely N-dealkylation sites (tertiary alicyclic amines) is 1. The number of halogens is 1. The predicted molar refractivity (Wildman–Crippen MR) is 88.9 cm³/mol. The Bertz CT molecular complexity index is 495. The summed E-state index contributed by atoms with van der Waals surface area (Å²) in [5, 5.41) is 2.67. The third kappa shape index (κ3) is 4.21. The van der Waals surface area contributed by atoms with Gasteiger partial charge in [0.2, 0.25) is 11.8 Å². The van der Waals surface area contributed by atoms with Crippen LogP contribution < -0.4 is 11.1 Å². The van der Waals surface area contributed by atoms with Gasteiger partial charge in [0.05, 0.1) is 11.8 Å². The average Bonchev–Trinajstić information content (AvgIpc) is 2.55. The Kier molecular flexibility index (Phi) is 7.35. The number of benzene rings is 1. The van der Waals surface area contributed by atoms with Crippen LogP contribution in [0.4, 0.5) is 0 Å². The topological polar surface area (TPSA) is 75.4 Å². The molecule has 0 aromatic heterocycles. The number of carbonyl (C=O) groups excluding carboxylic acids is 2. The Morgan fingerprint density at radius 3 is 2.64 bits per heavy atom. The van der Waals surface area contributed by atoms with Crippen LogP contribution in [-0.2, 0) is 9.59 Å². The standard InChI is InChI=1S/C16H23N3O2.ClH/c1-18-15(20)13-8-5-9-19(11-13)16(21)14(10-17)12-6-3-2-4-7-12;/h2-4,6-7,13-14H,5,8-11,17H2,1H3,(H,18,20);1H. The first-order valence-corrected chi connectivity index (χ1v) is 7.42. The van der Waals surface area contributed by atoms with E-state index in [4.69, 9.17) is 5.73 Å². The maximum absolute atomic E-state index is 12.7. The predicted octanol–water partition coefficient (Wildman–Crippen LogP) is 1.14. The summed E-state index contributed by atoms with van der Waals surface area (Å²) in [5.41, 5.74) is 6.74. The van der Waals surface area contributed by atoms with Crippen molar-refractivity contribution in [3.05, 3.63) is 35.9 Å². The second-order valence-electron chi connectivity index (χ2n) is 5.44. The highest BCUT2D eigenvalue weighted by molar-refractivity contribution is 5.86. The largest absolute Gasteiger partial charge is 0.359 e. The number of carbonyl (C=O) groups is 2. The molecule has 5 nitrogen and oxygen atoms in total. The fourth-order valence-corrected chi connectivity index (χ4v) is 2.88. The van der Waals surface area contributed by atoms with Crippen molar-refractivity contribution in [3.8, 4) is 0 Å². The molecule has 1 aliphatic rings. The smallest absolute Gasteiger partial charge is 0.231 e. The van der Waals surface area contributed by atoms with Crippen LogP contribution in [0.1, 0.15) is 24.3 Å². The number of nitrogens with two attached hydrogens (primary N) is 1. The molecule has 2 unspecified atom stereocenters. The van der Waals surface area contributed by atoms with Gasteiger partial charge in [-0.1, -0.05) is 30.3 Å². The molecule has 0 radical (unpaired) electrons. The average molecular weight is 326 g/mol. The van der Waals surface area contributed by atoms with E-state index < -0.39 is 0 Å². The van der Waals surface area contributed by atoms with E-state index in [1.807, 2.05) is 30.3 Å². The fourth-order valence-electron chi connectivity index (χ4n) is 2.88. The lowest BCUT2D eigenvalue weighted by atomic mass is 9.93. The van der Waals surface area contributed by atoms with Crippen LogP contribution in [0.5, 0.6) is 0 Å². The molecule has 0 bridgehead atoms. The molecule has 0 aliphatic carbocycles. The van der Waals surface area contributed by atoms with E-state index in [0.717, 1.165) is 18.4 Å². The van der Waals surface area contributed by atoms with Crippen molar-refractivity contribution in [3.63, 3.8) is 0 Å². The first-order chi connectivity index (χ1) is 10.2. The van der Waals surface area contributed by atoms with Gasteiger partial charge in [0, 0.05) is 26.7 Å². The number of amides is 2. The molecule has 0 saturated carbocycles. The van der Waals surface area contributed by atoms with Crippen molar-refractivity contribution >= 4 is 24.2 Å². The van der Waals surface area contributed by atoms with E-state index in [-0.39, 0.29) is 42.6 Å². The summed E-state index contributed by atoms with van der Waals surface area (Å²) in [6.07, 6.45) is 1.69. The molecule has 1 aromatic carbocycles. The van der Waals surface area contributed by atoms with Gasteiger partial charge in [-0.2, -0.15) is 0 Å². The minimum atomic E-state index is -0.324. The number of hydrogen-bond donors (Lipinski definition) is 2. The zero-order valence-corrected chi connectivity index (χ0v) is 13.6. The van der Waals surface area contributed by atoms with Gasteiger partial charge in [0.15, 0.2) is 0 Å². The van der Waals surface area contributed by atoms with Gasteiger partial charge in [0.25, 0.3) is 0 Å². The quantitative estimate of drug-likeness (QED) is 0.871.